The highest BCUT2D eigenvalue weighted by molar-refractivity contribution is 5.95. The van der Waals surface area contributed by atoms with E-state index in [9.17, 15) is 9.59 Å². The summed E-state index contributed by atoms with van der Waals surface area (Å²) >= 11 is 0. The number of nitrogens with two attached hydrogens (primary N) is 1. The number of halogens is 1. The number of carbonyl (C=O) groups is 2. The number of rotatable bonds is 6. The average Bonchev–Trinajstić information content (AvgIpc) is 3.10. The van der Waals surface area contributed by atoms with Crippen LogP contribution >= 0.6 is 12.4 Å². The maximum Gasteiger partial charge on any atom is 0.252 e. The predicted octanol–water partition coefficient (Wildman–Crippen LogP) is 3.08. The van der Waals surface area contributed by atoms with Gasteiger partial charge in [-0.25, -0.2) is 0 Å². The molecule has 3 rings (SSSR count). The van der Waals surface area contributed by atoms with Crippen molar-refractivity contribution in [1.29, 1.82) is 0 Å². The van der Waals surface area contributed by atoms with Crippen LogP contribution in [0.25, 0.3) is 0 Å². The highest BCUT2D eigenvalue weighted by Crippen LogP contribution is 2.26. The van der Waals surface area contributed by atoms with Crippen LogP contribution in [0.2, 0.25) is 0 Å². The van der Waals surface area contributed by atoms with Gasteiger partial charge < -0.3 is 21.1 Å². The summed E-state index contributed by atoms with van der Waals surface area (Å²) in [6.07, 6.45) is 2.64. The van der Waals surface area contributed by atoms with Crippen molar-refractivity contribution < 1.29 is 14.3 Å². The molecule has 1 saturated heterocycles. The molecule has 0 radical (unpaired) electrons. The molecule has 7 heteroatoms. The smallest absolute Gasteiger partial charge is 0.252 e. The van der Waals surface area contributed by atoms with E-state index in [4.69, 9.17) is 10.5 Å². The Bertz CT molecular complexity index is 759. The summed E-state index contributed by atoms with van der Waals surface area (Å²) in [5.74, 6) is 0.412. The fourth-order valence-corrected chi connectivity index (χ4v) is 2.86. The number of para-hydroxylation sites is 1. The van der Waals surface area contributed by atoms with Crippen LogP contribution in [-0.2, 0) is 4.79 Å². The molecule has 1 heterocycles. The van der Waals surface area contributed by atoms with E-state index in [1.54, 1.807) is 48.5 Å². The van der Waals surface area contributed by atoms with E-state index in [1.807, 2.05) is 0 Å². The van der Waals surface area contributed by atoms with Crippen molar-refractivity contribution >= 4 is 29.9 Å². The van der Waals surface area contributed by atoms with Crippen molar-refractivity contribution in [3.8, 4) is 11.5 Å². The third-order valence-electron chi connectivity index (χ3n) is 4.11. The van der Waals surface area contributed by atoms with Crippen molar-refractivity contribution in [3.05, 3.63) is 54.1 Å². The fraction of sp³-hybridized carbons (Fsp3) is 0.263. The standard InChI is InChI=1S/C19H21N3O3.ClH/c20-19(24)16-5-1-2-6-17(16)25-15-9-7-13(8-10-15)22-18(23)12-14-4-3-11-21-14;/h1-2,5-10,14,21H,3-4,11-12H2,(H2,20,24)(H,22,23);1H. The highest BCUT2D eigenvalue weighted by Gasteiger charge is 2.17. The molecule has 1 atom stereocenters. The third kappa shape index (κ3) is 5.21. The predicted molar refractivity (Wildman–Crippen MR) is 103 cm³/mol. The molecule has 138 valence electrons. The first-order chi connectivity index (χ1) is 12.1. The first-order valence-corrected chi connectivity index (χ1v) is 8.32. The lowest BCUT2D eigenvalue weighted by Crippen LogP contribution is -2.27. The van der Waals surface area contributed by atoms with Gasteiger partial charge in [0.05, 0.1) is 5.56 Å². The zero-order chi connectivity index (χ0) is 17.6. The Morgan fingerprint density at radius 1 is 1.15 bits per heavy atom. The van der Waals surface area contributed by atoms with Gasteiger partial charge in [0.1, 0.15) is 11.5 Å². The van der Waals surface area contributed by atoms with Crippen LogP contribution in [-0.4, -0.2) is 24.4 Å². The number of amides is 2. The van der Waals surface area contributed by atoms with Gasteiger partial charge in [-0.3, -0.25) is 9.59 Å². The summed E-state index contributed by atoms with van der Waals surface area (Å²) in [5.41, 5.74) is 6.37. The minimum atomic E-state index is -0.542. The largest absolute Gasteiger partial charge is 0.457 e. The Morgan fingerprint density at radius 2 is 1.88 bits per heavy atom. The molecule has 1 unspecified atom stereocenters. The van der Waals surface area contributed by atoms with Crippen molar-refractivity contribution in [3.63, 3.8) is 0 Å². The molecule has 1 aliphatic heterocycles. The van der Waals surface area contributed by atoms with Crippen molar-refractivity contribution in [2.24, 2.45) is 5.73 Å². The molecule has 2 aromatic rings. The van der Waals surface area contributed by atoms with E-state index in [-0.39, 0.29) is 24.4 Å². The Balaban J connectivity index is 0.00000243. The summed E-state index contributed by atoms with van der Waals surface area (Å²) in [5, 5.41) is 6.19. The van der Waals surface area contributed by atoms with E-state index in [0.717, 1.165) is 19.4 Å². The quantitative estimate of drug-likeness (QED) is 0.723. The SMILES string of the molecule is Cl.NC(=O)c1ccccc1Oc1ccc(NC(=O)CC2CCCN2)cc1. The molecular formula is C19H22ClN3O3. The molecule has 0 saturated carbocycles. The van der Waals surface area contributed by atoms with Crippen molar-refractivity contribution in [2.75, 3.05) is 11.9 Å². The Morgan fingerprint density at radius 3 is 2.54 bits per heavy atom. The van der Waals surface area contributed by atoms with Crippen molar-refractivity contribution in [2.45, 2.75) is 25.3 Å². The minimum Gasteiger partial charge on any atom is -0.457 e. The van der Waals surface area contributed by atoms with E-state index in [0.29, 0.717) is 29.2 Å². The molecule has 2 amide bonds. The fourth-order valence-electron chi connectivity index (χ4n) is 2.86. The molecule has 0 bridgehead atoms. The number of anilines is 1. The zero-order valence-corrected chi connectivity index (χ0v) is 15.1. The lowest BCUT2D eigenvalue weighted by Gasteiger charge is -2.12. The monoisotopic (exact) mass is 375 g/mol. The second kappa shape index (κ2) is 9.22. The molecule has 1 fully saturated rings. The molecule has 4 N–H and O–H groups in total. The van der Waals surface area contributed by atoms with Crippen LogP contribution in [0.15, 0.2) is 48.5 Å². The first kappa shape index (κ1) is 19.8. The Hall–Kier alpha value is -2.57. The van der Waals surface area contributed by atoms with Crippen LogP contribution in [0, 0.1) is 0 Å². The van der Waals surface area contributed by atoms with Gasteiger partial charge in [0.15, 0.2) is 0 Å². The Labute approximate surface area is 158 Å². The number of primary amides is 1. The zero-order valence-electron chi connectivity index (χ0n) is 14.2. The van der Waals surface area contributed by atoms with Gasteiger partial charge in [0.2, 0.25) is 5.91 Å². The molecule has 1 aliphatic rings. The summed E-state index contributed by atoms with van der Waals surface area (Å²) in [7, 11) is 0. The first-order valence-electron chi connectivity index (χ1n) is 8.32. The maximum absolute atomic E-state index is 12.0. The summed E-state index contributed by atoms with van der Waals surface area (Å²) in [4.78, 5) is 23.4. The summed E-state index contributed by atoms with van der Waals surface area (Å²) in [6.45, 7) is 0.983. The maximum atomic E-state index is 12.0. The third-order valence-corrected chi connectivity index (χ3v) is 4.11. The van der Waals surface area contributed by atoms with Gasteiger partial charge >= 0.3 is 0 Å². The lowest BCUT2D eigenvalue weighted by molar-refractivity contribution is -0.116. The molecule has 6 nitrogen and oxygen atoms in total. The minimum absolute atomic E-state index is 0. The van der Waals surface area contributed by atoms with Gasteiger partial charge in [-0.2, -0.15) is 0 Å². The molecule has 26 heavy (non-hydrogen) atoms. The van der Waals surface area contributed by atoms with Crippen LogP contribution in [0.5, 0.6) is 11.5 Å². The number of hydrogen-bond acceptors (Lipinski definition) is 4. The normalized spacial score (nSPS) is 15.8. The van der Waals surface area contributed by atoms with Crippen molar-refractivity contribution in [1.82, 2.24) is 5.32 Å². The number of hydrogen-bond donors (Lipinski definition) is 3. The second-order valence-corrected chi connectivity index (χ2v) is 6.03. The molecule has 0 aliphatic carbocycles. The Kier molecular flexibility index (Phi) is 7.00. The average molecular weight is 376 g/mol. The van der Waals surface area contributed by atoms with Crippen LogP contribution in [0.1, 0.15) is 29.6 Å². The summed E-state index contributed by atoms with van der Waals surface area (Å²) < 4.78 is 5.71. The van der Waals surface area contributed by atoms with Gasteiger partial charge in [-0.05, 0) is 55.8 Å². The molecular weight excluding hydrogens is 354 g/mol. The number of benzene rings is 2. The van der Waals surface area contributed by atoms with E-state index < -0.39 is 5.91 Å². The van der Waals surface area contributed by atoms with Gasteiger partial charge in [0.25, 0.3) is 5.91 Å². The molecule has 0 aromatic heterocycles. The van der Waals surface area contributed by atoms with Gasteiger partial charge in [-0.15, -0.1) is 12.4 Å². The molecule has 2 aromatic carbocycles. The second-order valence-electron chi connectivity index (χ2n) is 6.03. The summed E-state index contributed by atoms with van der Waals surface area (Å²) in [6, 6.07) is 14.1. The lowest BCUT2D eigenvalue weighted by atomic mass is 10.1. The highest BCUT2D eigenvalue weighted by atomic mass is 35.5. The number of nitrogens with one attached hydrogen (secondary N) is 2. The van der Waals surface area contributed by atoms with E-state index in [1.165, 1.54) is 0 Å². The topological polar surface area (TPSA) is 93.5 Å². The van der Waals surface area contributed by atoms with Gasteiger partial charge in [0, 0.05) is 18.2 Å². The van der Waals surface area contributed by atoms with Gasteiger partial charge in [-0.1, -0.05) is 12.1 Å². The number of ether oxygens (including phenoxy) is 1. The van der Waals surface area contributed by atoms with Crippen LogP contribution in [0.4, 0.5) is 5.69 Å². The van der Waals surface area contributed by atoms with E-state index >= 15 is 0 Å². The number of carbonyl (C=O) groups excluding carboxylic acids is 2. The van der Waals surface area contributed by atoms with Crippen LogP contribution < -0.4 is 21.1 Å². The molecule has 0 spiro atoms. The van der Waals surface area contributed by atoms with E-state index in [2.05, 4.69) is 10.6 Å². The van der Waals surface area contributed by atoms with Crippen LogP contribution in [0.3, 0.4) is 0 Å².